The van der Waals surface area contributed by atoms with Crippen molar-refractivity contribution in [2.75, 3.05) is 18.2 Å². The molecule has 0 atom stereocenters. The van der Waals surface area contributed by atoms with E-state index < -0.39 is 17.3 Å². The minimum absolute atomic E-state index is 0.0792. The molecule has 3 N–H and O–H groups in total. The maximum Gasteiger partial charge on any atom is 0.267 e. The van der Waals surface area contributed by atoms with Crippen molar-refractivity contribution in [1.82, 2.24) is 9.78 Å². The minimum Gasteiger partial charge on any atom is -0.480 e. The largest absolute Gasteiger partial charge is 0.480 e. The van der Waals surface area contributed by atoms with Crippen molar-refractivity contribution in [2.45, 2.75) is 6.54 Å². The first-order valence-electron chi connectivity index (χ1n) is 5.96. The molecule has 8 heteroatoms. The van der Waals surface area contributed by atoms with Crippen molar-refractivity contribution in [2.24, 2.45) is 0 Å². The number of amides is 1. The van der Waals surface area contributed by atoms with Gasteiger partial charge in [-0.2, -0.15) is 0 Å². The molecule has 110 valence electrons. The average Bonchev–Trinajstić information content (AvgIpc) is 2.45. The summed E-state index contributed by atoms with van der Waals surface area (Å²) in [6.07, 6.45) is 0. The van der Waals surface area contributed by atoms with Gasteiger partial charge in [0.1, 0.15) is 12.4 Å². The van der Waals surface area contributed by atoms with E-state index in [-0.39, 0.29) is 18.1 Å². The van der Waals surface area contributed by atoms with Gasteiger partial charge in [-0.05, 0) is 18.2 Å². The number of nitrogens with two attached hydrogens (primary N) is 1. The predicted molar refractivity (Wildman–Crippen MR) is 74.5 cm³/mol. The number of halogens is 1. The van der Waals surface area contributed by atoms with Gasteiger partial charge in [0.25, 0.3) is 5.56 Å². The number of nitrogen functional groups attached to an aromatic ring is 1. The molecule has 1 heterocycles. The van der Waals surface area contributed by atoms with Crippen LogP contribution in [0.1, 0.15) is 0 Å². The molecule has 0 radical (unpaired) electrons. The number of methoxy groups -OCH3 is 1. The average molecular weight is 292 g/mol. The van der Waals surface area contributed by atoms with Crippen molar-refractivity contribution < 1.29 is 13.9 Å². The highest BCUT2D eigenvalue weighted by atomic mass is 19.1. The smallest absolute Gasteiger partial charge is 0.267 e. The van der Waals surface area contributed by atoms with Crippen LogP contribution in [0.4, 0.5) is 15.8 Å². The van der Waals surface area contributed by atoms with Gasteiger partial charge in [-0.3, -0.25) is 9.59 Å². The van der Waals surface area contributed by atoms with Gasteiger partial charge < -0.3 is 15.8 Å². The number of nitrogens with zero attached hydrogens (tertiary/aromatic N) is 2. The summed E-state index contributed by atoms with van der Waals surface area (Å²) in [7, 11) is 1.40. The molecule has 1 aromatic carbocycles. The third-order valence-corrected chi connectivity index (χ3v) is 2.62. The molecule has 0 aliphatic heterocycles. The number of carbonyl (C=O) groups excluding carboxylic acids is 1. The molecule has 0 saturated heterocycles. The van der Waals surface area contributed by atoms with Crippen molar-refractivity contribution in [1.29, 1.82) is 0 Å². The second-order valence-corrected chi connectivity index (χ2v) is 4.16. The van der Waals surface area contributed by atoms with Crippen LogP contribution in [0.2, 0.25) is 0 Å². The van der Waals surface area contributed by atoms with Gasteiger partial charge in [0, 0.05) is 17.8 Å². The normalized spacial score (nSPS) is 10.2. The van der Waals surface area contributed by atoms with Gasteiger partial charge >= 0.3 is 0 Å². The Balaban J connectivity index is 2.11. The second kappa shape index (κ2) is 6.04. The number of benzene rings is 1. The zero-order chi connectivity index (χ0) is 15.4. The van der Waals surface area contributed by atoms with Gasteiger partial charge in [-0.25, -0.2) is 9.07 Å². The molecule has 0 aliphatic rings. The molecule has 0 saturated carbocycles. The molecule has 7 nitrogen and oxygen atoms in total. The summed E-state index contributed by atoms with van der Waals surface area (Å²) in [4.78, 5) is 23.4. The number of anilines is 2. The molecular weight excluding hydrogens is 279 g/mol. The van der Waals surface area contributed by atoms with Crippen LogP contribution in [0.25, 0.3) is 0 Å². The van der Waals surface area contributed by atoms with E-state index in [4.69, 9.17) is 10.5 Å². The Bertz CT molecular complexity index is 730. The van der Waals surface area contributed by atoms with Gasteiger partial charge in [0.05, 0.1) is 12.8 Å². The summed E-state index contributed by atoms with van der Waals surface area (Å²) in [5.41, 5.74) is 5.21. The maximum absolute atomic E-state index is 13.0. The number of aromatic nitrogens is 2. The second-order valence-electron chi connectivity index (χ2n) is 4.16. The van der Waals surface area contributed by atoms with E-state index in [9.17, 15) is 14.0 Å². The maximum atomic E-state index is 13.0. The third kappa shape index (κ3) is 3.56. The number of rotatable bonds is 4. The van der Waals surface area contributed by atoms with Crippen LogP contribution in [0.5, 0.6) is 5.88 Å². The van der Waals surface area contributed by atoms with Gasteiger partial charge in [0.2, 0.25) is 11.8 Å². The number of hydrogen-bond donors (Lipinski definition) is 2. The molecule has 2 rings (SSSR count). The monoisotopic (exact) mass is 292 g/mol. The number of ether oxygens (including phenoxy) is 1. The van der Waals surface area contributed by atoms with Crippen molar-refractivity contribution in [3.05, 3.63) is 46.5 Å². The quantitative estimate of drug-likeness (QED) is 0.804. The standard InChI is InChI=1S/C13H13FN4O3/c1-21-12-4-5-13(20)18(17-12)7-11(19)16-8-2-3-9(14)10(15)6-8/h2-6H,7,15H2,1H3,(H,16,19). The highest BCUT2D eigenvalue weighted by Crippen LogP contribution is 2.16. The molecule has 0 bridgehead atoms. The Labute approximate surface area is 119 Å². The molecular formula is C13H13FN4O3. The molecule has 0 unspecified atom stereocenters. The van der Waals surface area contributed by atoms with Crippen LogP contribution in [0.15, 0.2) is 35.1 Å². The molecule has 2 aromatic rings. The summed E-state index contributed by atoms with van der Waals surface area (Å²) < 4.78 is 18.8. The van der Waals surface area contributed by atoms with E-state index in [1.54, 1.807) is 0 Å². The van der Waals surface area contributed by atoms with E-state index in [2.05, 4.69) is 10.4 Å². The summed E-state index contributed by atoms with van der Waals surface area (Å²) in [5, 5.41) is 6.34. The Kier molecular flexibility index (Phi) is 4.17. The highest BCUT2D eigenvalue weighted by Gasteiger charge is 2.08. The fourth-order valence-corrected chi connectivity index (χ4v) is 1.61. The number of nitrogens with one attached hydrogen (secondary N) is 1. The van der Waals surface area contributed by atoms with Crippen LogP contribution in [0.3, 0.4) is 0 Å². The van der Waals surface area contributed by atoms with Crippen molar-refractivity contribution >= 4 is 17.3 Å². The Morgan fingerprint density at radius 1 is 1.43 bits per heavy atom. The zero-order valence-corrected chi connectivity index (χ0v) is 11.2. The van der Waals surface area contributed by atoms with Crippen LogP contribution in [0, 0.1) is 5.82 Å². The fourth-order valence-electron chi connectivity index (χ4n) is 1.61. The van der Waals surface area contributed by atoms with Crippen LogP contribution >= 0.6 is 0 Å². The minimum atomic E-state index is -0.571. The first kappa shape index (κ1) is 14.5. The molecule has 0 spiro atoms. The van der Waals surface area contributed by atoms with Crippen LogP contribution < -0.4 is 21.3 Å². The summed E-state index contributed by atoms with van der Waals surface area (Å²) in [5.74, 6) is -0.851. The molecule has 0 fully saturated rings. The number of carbonyl (C=O) groups is 1. The van der Waals surface area contributed by atoms with Gasteiger partial charge in [-0.15, -0.1) is 5.10 Å². The van der Waals surface area contributed by atoms with Gasteiger partial charge in [-0.1, -0.05) is 0 Å². The fraction of sp³-hybridized carbons (Fsp3) is 0.154. The first-order chi connectivity index (χ1) is 9.99. The lowest BCUT2D eigenvalue weighted by Gasteiger charge is -2.08. The van der Waals surface area contributed by atoms with Crippen molar-refractivity contribution in [3.8, 4) is 5.88 Å². The number of hydrogen-bond acceptors (Lipinski definition) is 5. The Hall–Kier alpha value is -2.90. The van der Waals surface area contributed by atoms with Crippen molar-refractivity contribution in [3.63, 3.8) is 0 Å². The lowest BCUT2D eigenvalue weighted by Crippen LogP contribution is -2.29. The van der Waals surface area contributed by atoms with Crippen LogP contribution in [-0.4, -0.2) is 22.8 Å². The third-order valence-electron chi connectivity index (χ3n) is 2.62. The molecule has 21 heavy (non-hydrogen) atoms. The topological polar surface area (TPSA) is 99.2 Å². The van der Waals surface area contributed by atoms with Crippen LogP contribution in [-0.2, 0) is 11.3 Å². The van der Waals surface area contributed by atoms with E-state index in [0.29, 0.717) is 5.69 Å². The van der Waals surface area contributed by atoms with E-state index in [1.807, 2.05) is 0 Å². The zero-order valence-electron chi connectivity index (χ0n) is 11.2. The lowest BCUT2D eigenvalue weighted by molar-refractivity contribution is -0.117. The molecule has 1 aromatic heterocycles. The molecule has 0 aliphatic carbocycles. The van der Waals surface area contributed by atoms with E-state index in [0.717, 1.165) is 10.7 Å². The predicted octanol–water partition coefficient (Wildman–Crippen LogP) is 0.612. The van der Waals surface area contributed by atoms with Gasteiger partial charge in [0.15, 0.2) is 0 Å². The summed E-state index contributed by atoms with van der Waals surface area (Å²) in [6, 6.07) is 6.44. The molecule has 1 amide bonds. The highest BCUT2D eigenvalue weighted by molar-refractivity contribution is 5.90. The first-order valence-corrected chi connectivity index (χ1v) is 5.96. The van der Waals surface area contributed by atoms with E-state index in [1.165, 1.54) is 31.4 Å². The van der Waals surface area contributed by atoms with E-state index >= 15 is 0 Å². The SMILES string of the molecule is COc1ccc(=O)n(CC(=O)Nc2ccc(F)c(N)c2)n1. The summed E-state index contributed by atoms with van der Waals surface area (Å²) in [6.45, 7) is -0.298. The Morgan fingerprint density at radius 2 is 2.19 bits per heavy atom. The Morgan fingerprint density at radius 3 is 2.86 bits per heavy atom. The summed E-state index contributed by atoms with van der Waals surface area (Å²) >= 11 is 0. The lowest BCUT2D eigenvalue weighted by atomic mass is 10.2.